The molecule has 0 saturated carbocycles. The molecule has 0 radical (unpaired) electrons. The summed E-state index contributed by atoms with van der Waals surface area (Å²) in [6.45, 7) is 0.885. The van der Waals surface area contributed by atoms with Crippen LogP contribution in [0.1, 0.15) is 11.1 Å². The van der Waals surface area contributed by atoms with Gasteiger partial charge >= 0.3 is 6.18 Å². The van der Waals surface area contributed by atoms with Crippen LogP contribution in [0.5, 0.6) is 0 Å². The second-order valence-electron chi connectivity index (χ2n) is 3.73. The van der Waals surface area contributed by atoms with Crippen molar-refractivity contribution >= 4 is 21.6 Å². The van der Waals surface area contributed by atoms with E-state index in [1.165, 1.54) is 11.9 Å². The highest BCUT2D eigenvalue weighted by Gasteiger charge is 2.29. The van der Waals surface area contributed by atoms with Crippen molar-refractivity contribution in [1.82, 2.24) is 0 Å². The van der Waals surface area contributed by atoms with Gasteiger partial charge in [0.05, 0.1) is 0 Å². The van der Waals surface area contributed by atoms with Gasteiger partial charge in [0.15, 0.2) is 0 Å². The Morgan fingerprint density at radius 1 is 1.31 bits per heavy atom. The average molecular weight is 296 g/mol. The van der Waals surface area contributed by atoms with Gasteiger partial charge in [-0.2, -0.15) is 13.2 Å². The molecule has 0 N–H and O–H groups in total. The fourth-order valence-corrected chi connectivity index (χ4v) is 1.93. The van der Waals surface area contributed by atoms with Gasteiger partial charge in [-0.05, 0) is 24.1 Å². The van der Waals surface area contributed by atoms with Crippen molar-refractivity contribution in [2.75, 3.05) is 18.5 Å². The van der Waals surface area contributed by atoms with Crippen LogP contribution in [-0.2, 0) is 5.33 Å². The number of alkyl halides is 4. The first-order chi connectivity index (χ1) is 7.33. The first-order valence-corrected chi connectivity index (χ1v) is 5.89. The van der Waals surface area contributed by atoms with Gasteiger partial charge in [-0.25, -0.2) is 0 Å². The Morgan fingerprint density at radius 3 is 2.38 bits per heavy atom. The summed E-state index contributed by atoms with van der Waals surface area (Å²) in [4.78, 5) is 1.22. The van der Waals surface area contributed by atoms with Gasteiger partial charge in [-0.15, -0.1) is 0 Å². The van der Waals surface area contributed by atoms with E-state index in [9.17, 15) is 13.2 Å². The fraction of sp³-hybridized carbons (Fsp3) is 0.455. The predicted molar refractivity (Wildman–Crippen MR) is 63.1 cm³/mol. The second-order valence-corrected chi connectivity index (χ2v) is 4.29. The summed E-state index contributed by atoms with van der Waals surface area (Å²) in [7, 11) is 1.45. The normalized spacial score (nSPS) is 11.6. The van der Waals surface area contributed by atoms with Crippen LogP contribution >= 0.6 is 15.9 Å². The van der Waals surface area contributed by atoms with Gasteiger partial charge < -0.3 is 4.90 Å². The number of rotatable bonds is 3. The van der Waals surface area contributed by atoms with Crippen LogP contribution in [0.4, 0.5) is 18.9 Å². The number of aryl methyl sites for hydroxylation is 1. The Morgan fingerprint density at radius 2 is 1.94 bits per heavy atom. The van der Waals surface area contributed by atoms with Crippen LogP contribution in [0.25, 0.3) is 0 Å². The summed E-state index contributed by atoms with van der Waals surface area (Å²) in [5, 5.41) is 0.705. The van der Waals surface area contributed by atoms with Crippen LogP contribution in [0, 0.1) is 6.92 Å². The van der Waals surface area contributed by atoms with E-state index in [1.807, 2.05) is 19.1 Å². The van der Waals surface area contributed by atoms with E-state index in [-0.39, 0.29) is 0 Å². The zero-order valence-electron chi connectivity index (χ0n) is 9.11. The summed E-state index contributed by atoms with van der Waals surface area (Å²) in [6, 6.07) is 5.43. The van der Waals surface area contributed by atoms with E-state index in [2.05, 4.69) is 15.9 Å². The second kappa shape index (κ2) is 5.08. The Labute approximate surface area is 101 Å². The molecule has 0 aromatic heterocycles. The first kappa shape index (κ1) is 13.4. The van der Waals surface area contributed by atoms with Crippen molar-refractivity contribution < 1.29 is 13.2 Å². The van der Waals surface area contributed by atoms with Crippen LogP contribution in [0.15, 0.2) is 18.2 Å². The summed E-state index contributed by atoms with van der Waals surface area (Å²) in [5.41, 5.74) is 2.52. The minimum absolute atomic E-state index is 0.613. The number of benzene rings is 1. The minimum Gasteiger partial charge on any atom is -0.366 e. The lowest BCUT2D eigenvalue weighted by atomic mass is 10.1. The summed E-state index contributed by atoms with van der Waals surface area (Å²) >= 11 is 3.31. The number of halogens is 4. The fourth-order valence-electron chi connectivity index (χ4n) is 1.58. The largest absolute Gasteiger partial charge is 0.405 e. The molecule has 0 atom stereocenters. The zero-order valence-corrected chi connectivity index (χ0v) is 10.7. The quantitative estimate of drug-likeness (QED) is 0.765. The van der Waals surface area contributed by atoms with Crippen molar-refractivity contribution in [2.24, 2.45) is 0 Å². The van der Waals surface area contributed by atoms with Gasteiger partial charge in [-0.1, -0.05) is 28.1 Å². The van der Waals surface area contributed by atoms with Gasteiger partial charge in [0.25, 0.3) is 0 Å². The molecule has 0 aliphatic heterocycles. The topological polar surface area (TPSA) is 3.24 Å². The lowest BCUT2D eigenvalue weighted by Crippen LogP contribution is -2.31. The van der Waals surface area contributed by atoms with E-state index in [0.717, 1.165) is 11.1 Å². The predicted octanol–water partition coefficient (Wildman–Crippen LogP) is 3.89. The highest BCUT2D eigenvalue weighted by atomic mass is 79.9. The Kier molecular flexibility index (Phi) is 4.24. The van der Waals surface area contributed by atoms with E-state index < -0.39 is 12.7 Å². The summed E-state index contributed by atoms with van der Waals surface area (Å²) in [5.74, 6) is 0. The molecular formula is C11H13BrF3N. The third-order valence-corrected chi connectivity index (χ3v) is 2.89. The smallest absolute Gasteiger partial charge is 0.366 e. The maximum atomic E-state index is 12.2. The molecule has 0 bridgehead atoms. The van der Waals surface area contributed by atoms with E-state index in [0.29, 0.717) is 11.0 Å². The zero-order chi connectivity index (χ0) is 12.3. The summed E-state index contributed by atoms with van der Waals surface area (Å²) in [6.07, 6.45) is -4.17. The maximum absolute atomic E-state index is 12.2. The third kappa shape index (κ3) is 3.70. The summed E-state index contributed by atoms with van der Waals surface area (Å²) < 4.78 is 36.7. The number of hydrogen-bond donors (Lipinski definition) is 0. The van der Waals surface area contributed by atoms with Gasteiger partial charge in [0.1, 0.15) is 6.54 Å². The molecule has 1 rings (SSSR count). The first-order valence-electron chi connectivity index (χ1n) is 4.77. The SMILES string of the molecule is Cc1cc(CBr)ccc1N(C)CC(F)(F)F. The van der Waals surface area contributed by atoms with E-state index >= 15 is 0 Å². The van der Waals surface area contributed by atoms with E-state index in [1.54, 1.807) is 6.07 Å². The van der Waals surface area contributed by atoms with Crippen LogP contribution in [0.3, 0.4) is 0 Å². The van der Waals surface area contributed by atoms with Crippen molar-refractivity contribution in [2.45, 2.75) is 18.4 Å². The standard InChI is InChI=1S/C11H13BrF3N/c1-8-5-9(6-12)3-4-10(8)16(2)7-11(13,14)15/h3-5H,6-7H2,1-2H3. The molecule has 1 aromatic rings. The number of hydrogen-bond acceptors (Lipinski definition) is 1. The van der Waals surface area contributed by atoms with Crippen molar-refractivity contribution in [3.8, 4) is 0 Å². The highest BCUT2D eigenvalue weighted by molar-refractivity contribution is 9.08. The van der Waals surface area contributed by atoms with Crippen molar-refractivity contribution in [1.29, 1.82) is 0 Å². The molecule has 0 aliphatic rings. The molecular weight excluding hydrogens is 283 g/mol. The van der Waals surface area contributed by atoms with Crippen molar-refractivity contribution in [3.63, 3.8) is 0 Å². The van der Waals surface area contributed by atoms with Gasteiger partial charge in [-0.3, -0.25) is 0 Å². The molecule has 5 heteroatoms. The Balaban J connectivity index is 2.88. The van der Waals surface area contributed by atoms with Gasteiger partial charge in [0.2, 0.25) is 0 Å². The molecule has 0 amide bonds. The molecule has 16 heavy (non-hydrogen) atoms. The Bertz CT molecular complexity index is 363. The molecule has 0 spiro atoms. The molecule has 90 valence electrons. The van der Waals surface area contributed by atoms with Gasteiger partial charge in [0, 0.05) is 18.1 Å². The molecule has 0 saturated heterocycles. The lowest BCUT2D eigenvalue weighted by molar-refractivity contribution is -0.119. The molecule has 0 fully saturated rings. The average Bonchev–Trinajstić information content (AvgIpc) is 2.14. The molecule has 1 nitrogen and oxygen atoms in total. The van der Waals surface area contributed by atoms with E-state index in [4.69, 9.17) is 0 Å². The van der Waals surface area contributed by atoms with Crippen molar-refractivity contribution in [3.05, 3.63) is 29.3 Å². The monoisotopic (exact) mass is 295 g/mol. The minimum atomic E-state index is -4.17. The molecule has 0 unspecified atom stereocenters. The molecule has 0 heterocycles. The molecule has 0 aliphatic carbocycles. The lowest BCUT2D eigenvalue weighted by Gasteiger charge is -2.23. The van der Waals surface area contributed by atoms with Crippen LogP contribution in [0.2, 0.25) is 0 Å². The highest BCUT2D eigenvalue weighted by Crippen LogP contribution is 2.25. The van der Waals surface area contributed by atoms with Crippen LogP contribution in [-0.4, -0.2) is 19.8 Å². The third-order valence-electron chi connectivity index (χ3n) is 2.24. The van der Waals surface area contributed by atoms with Crippen LogP contribution < -0.4 is 4.90 Å². The Hall–Kier alpha value is -0.710. The number of anilines is 1. The molecule has 1 aromatic carbocycles. The maximum Gasteiger partial charge on any atom is 0.405 e. The number of nitrogens with zero attached hydrogens (tertiary/aromatic N) is 1.